The highest BCUT2D eigenvalue weighted by Crippen LogP contribution is 2.40. The largest absolute Gasteiger partial charge is 0.490 e. The van der Waals surface area contributed by atoms with E-state index in [1.807, 2.05) is 25.1 Å². The number of amides is 1. The molecule has 3 unspecified atom stereocenters. The van der Waals surface area contributed by atoms with Crippen LogP contribution >= 0.6 is 0 Å². The van der Waals surface area contributed by atoms with Crippen molar-refractivity contribution in [3.05, 3.63) is 23.8 Å². The lowest BCUT2D eigenvalue weighted by molar-refractivity contribution is -0.137. The minimum Gasteiger partial charge on any atom is -0.490 e. The summed E-state index contributed by atoms with van der Waals surface area (Å²) in [6.45, 7) is 3.31. The Bertz CT molecular complexity index is 685. The molecule has 3 atom stereocenters. The molecule has 26 heavy (non-hydrogen) atoms. The van der Waals surface area contributed by atoms with Gasteiger partial charge in [-0.15, -0.1) is 0 Å². The third-order valence-electron chi connectivity index (χ3n) is 6.05. The lowest BCUT2D eigenvalue weighted by atomic mass is 9.67. The Hall–Kier alpha value is -2.04. The molecule has 140 valence electrons. The number of nitrogens with one attached hydrogen (secondary N) is 1. The molecule has 0 radical (unpaired) electrons. The molecular formula is C21H27NO4. The summed E-state index contributed by atoms with van der Waals surface area (Å²) in [4.78, 5) is 25.0. The van der Waals surface area contributed by atoms with Crippen LogP contribution in [0.2, 0.25) is 0 Å². The first-order valence-corrected chi connectivity index (χ1v) is 9.85. The standard InChI is InChI=1S/C21H27NO4/c1-13(14-6-7-18-19(12-14)26-9-3-8-25-18)22-21(24)17-10-15-4-2-5-16(11-17)20(15)23/h6-7,12-13,15-17H,2-5,8-11H2,1H3,(H,22,24). The Balaban J connectivity index is 1.41. The van der Waals surface area contributed by atoms with Gasteiger partial charge < -0.3 is 14.8 Å². The van der Waals surface area contributed by atoms with Gasteiger partial charge in [0.1, 0.15) is 5.78 Å². The van der Waals surface area contributed by atoms with E-state index in [-0.39, 0.29) is 29.7 Å². The van der Waals surface area contributed by atoms with E-state index < -0.39 is 0 Å². The van der Waals surface area contributed by atoms with Crippen LogP contribution in [-0.4, -0.2) is 24.9 Å². The number of carbonyl (C=O) groups is 2. The number of rotatable bonds is 3. The van der Waals surface area contributed by atoms with Gasteiger partial charge in [0.2, 0.25) is 5.91 Å². The second kappa shape index (κ2) is 7.29. The maximum absolute atomic E-state index is 12.8. The van der Waals surface area contributed by atoms with Crippen molar-refractivity contribution in [1.29, 1.82) is 0 Å². The molecule has 5 heteroatoms. The van der Waals surface area contributed by atoms with Gasteiger partial charge in [-0.3, -0.25) is 9.59 Å². The van der Waals surface area contributed by atoms with Gasteiger partial charge in [0.25, 0.3) is 0 Å². The molecule has 0 aromatic heterocycles. The molecule has 1 aromatic rings. The molecule has 4 rings (SSSR count). The maximum atomic E-state index is 12.8. The molecule has 1 aliphatic heterocycles. The zero-order valence-corrected chi connectivity index (χ0v) is 15.3. The summed E-state index contributed by atoms with van der Waals surface area (Å²) < 4.78 is 11.4. The van der Waals surface area contributed by atoms with E-state index in [0.29, 0.717) is 19.0 Å². The fourth-order valence-electron chi connectivity index (χ4n) is 4.56. The van der Waals surface area contributed by atoms with E-state index in [1.54, 1.807) is 0 Å². The summed E-state index contributed by atoms with van der Waals surface area (Å²) in [7, 11) is 0. The van der Waals surface area contributed by atoms with Crippen molar-refractivity contribution < 1.29 is 19.1 Å². The monoisotopic (exact) mass is 357 g/mol. The highest BCUT2D eigenvalue weighted by Gasteiger charge is 2.41. The van der Waals surface area contributed by atoms with Gasteiger partial charge in [0, 0.05) is 24.2 Å². The normalized spacial score (nSPS) is 28.8. The summed E-state index contributed by atoms with van der Waals surface area (Å²) in [5, 5.41) is 3.15. The van der Waals surface area contributed by atoms with E-state index in [9.17, 15) is 9.59 Å². The van der Waals surface area contributed by atoms with Gasteiger partial charge in [-0.05, 0) is 50.3 Å². The third-order valence-corrected chi connectivity index (χ3v) is 6.05. The SMILES string of the molecule is CC(NC(=O)C1CC2CCCC(C1)C2=O)c1ccc2c(c1)OCCCO2. The van der Waals surface area contributed by atoms with Crippen molar-refractivity contribution in [2.45, 2.75) is 51.5 Å². The Morgan fingerprint density at radius 2 is 1.77 bits per heavy atom. The average Bonchev–Trinajstić information content (AvgIpc) is 2.86. The molecule has 2 fully saturated rings. The third kappa shape index (κ3) is 3.44. The Morgan fingerprint density at radius 3 is 2.50 bits per heavy atom. The van der Waals surface area contributed by atoms with Crippen molar-refractivity contribution in [1.82, 2.24) is 5.32 Å². The van der Waals surface area contributed by atoms with E-state index >= 15 is 0 Å². The zero-order chi connectivity index (χ0) is 18.1. The van der Waals surface area contributed by atoms with Gasteiger partial charge in [-0.1, -0.05) is 12.5 Å². The lowest BCUT2D eigenvalue weighted by Crippen LogP contribution is -2.43. The molecular weight excluding hydrogens is 330 g/mol. The van der Waals surface area contributed by atoms with E-state index in [0.717, 1.165) is 55.6 Å². The molecule has 5 nitrogen and oxygen atoms in total. The van der Waals surface area contributed by atoms with Gasteiger partial charge >= 0.3 is 0 Å². The van der Waals surface area contributed by atoms with Gasteiger partial charge in [0.15, 0.2) is 11.5 Å². The van der Waals surface area contributed by atoms with Crippen LogP contribution < -0.4 is 14.8 Å². The number of hydrogen-bond donors (Lipinski definition) is 1. The summed E-state index contributed by atoms with van der Waals surface area (Å²) in [5.74, 6) is 2.16. The first kappa shape index (κ1) is 17.4. The summed E-state index contributed by atoms with van der Waals surface area (Å²) in [5.41, 5.74) is 1.01. The first-order chi connectivity index (χ1) is 12.6. The van der Waals surface area contributed by atoms with Crippen LogP contribution in [-0.2, 0) is 9.59 Å². The fourth-order valence-corrected chi connectivity index (χ4v) is 4.56. The van der Waals surface area contributed by atoms with Crippen LogP contribution in [0.25, 0.3) is 0 Å². The second-order valence-electron chi connectivity index (χ2n) is 7.88. The Labute approximate surface area is 154 Å². The number of ketones is 1. The summed E-state index contributed by atoms with van der Waals surface area (Å²) >= 11 is 0. The van der Waals surface area contributed by atoms with Crippen LogP contribution in [0.5, 0.6) is 11.5 Å². The number of carbonyl (C=O) groups excluding carboxylic acids is 2. The molecule has 1 heterocycles. The minimum atomic E-state index is -0.0999. The summed E-state index contributed by atoms with van der Waals surface area (Å²) in [6.07, 6.45) is 5.35. The van der Waals surface area contributed by atoms with Crippen molar-refractivity contribution in [2.24, 2.45) is 17.8 Å². The smallest absolute Gasteiger partial charge is 0.223 e. The predicted octanol–water partition coefficient (Wildman–Crippen LogP) is 3.42. The number of fused-ring (bicyclic) bond motifs is 3. The van der Waals surface area contributed by atoms with Gasteiger partial charge in [-0.25, -0.2) is 0 Å². The lowest BCUT2D eigenvalue weighted by Gasteiger charge is -2.37. The topological polar surface area (TPSA) is 64.6 Å². The van der Waals surface area contributed by atoms with Gasteiger partial charge in [-0.2, -0.15) is 0 Å². The van der Waals surface area contributed by atoms with Crippen molar-refractivity contribution in [3.63, 3.8) is 0 Å². The van der Waals surface area contributed by atoms with Crippen molar-refractivity contribution in [2.75, 3.05) is 13.2 Å². The van der Waals surface area contributed by atoms with Crippen LogP contribution in [0.4, 0.5) is 0 Å². The van der Waals surface area contributed by atoms with Crippen LogP contribution in [0.1, 0.15) is 57.1 Å². The van der Waals surface area contributed by atoms with E-state index in [2.05, 4.69) is 5.32 Å². The highest BCUT2D eigenvalue weighted by atomic mass is 16.5. The molecule has 2 aliphatic carbocycles. The van der Waals surface area contributed by atoms with Crippen molar-refractivity contribution in [3.8, 4) is 11.5 Å². The van der Waals surface area contributed by atoms with E-state index in [4.69, 9.17) is 9.47 Å². The number of benzene rings is 1. The van der Waals surface area contributed by atoms with Crippen LogP contribution in [0.3, 0.4) is 0 Å². The Kier molecular flexibility index (Phi) is 4.88. The number of Topliss-reactive ketones (excluding diaryl/α,β-unsaturated/α-hetero) is 1. The van der Waals surface area contributed by atoms with Crippen molar-refractivity contribution >= 4 is 11.7 Å². The second-order valence-corrected chi connectivity index (χ2v) is 7.88. The molecule has 0 spiro atoms. The molecule has 2 bridgehead atoms. The first-order valence-electron chi connectivity index (χ1n) is 9.85. The molecule has 2 saturated carbocycles. The highest BCUT2D eigenvalue weighted by molar-refractivity contribution is 5.88. The quantitative estimate of drug-likeness (QED) is 0.900. The summed E-state index contributed by atoms with van der Waals surface area (Å²) in [6, 6.07) is 5.77. The molecule has 1 amide bonds. The zero-order valence-electron chi connectivity index (χ0n) is 15.3. The minimum absolute atomic E-state index is 0.0362. The predicted molar refractivity (Wildman–Crippen MR) is 97.2 cm³/mol. The van der Waals surface area contributed by atoms with Crippen LogP contribution in [0.15, 0.2) is 18.2 Å². The molecule has 0 saturated heterocycles. The van der Waals surface area contributed by atoms with Crippen LogP contribution in [0, 0.1) is 17.8 Å². The average molecular weight is 357 g/mol. The van der Waals surface area contributed by atoms with E-state index in [1.165, 1.54) is 0 Å². The number of hydrogen-bond acceptors (Lipinski definition) is 4. The molecule has 1 N–H and O–H groups in total. The maximum Gasteiger partial charge on any atom is 0.223 e. The fraction of sp³-hybridized carbons (Fsp3) is 0.619. The number of ether oxygens (including phenoxy) is 2. The Morgan fingerprint density at radius 1 is 1.08 bits per heavy atom. The molecule has 1 aromatic carbocycles. The molecule has 3 aliphatic rings. The van der Waals surface area contributed by atoms with Gasteiger partial charge in [0.05, 0.1) is 19.3 Å².